The maximum atomic E-state index is 12.4. The molecule has 0 N–H and O–H groups in total. The van der Waals surface area contributed by atoms with Crippen LogP contribution in [0.25, 0.3) is 0 Å². The van der Waals surface area contributed by atoms with Gasteiger partial charge in [0.2, 0.25) is 0 Å². The molecule has 1 fully saturated rings. The van der Waals surface area contributed by atoms with Gasteiger partial charge in [-0.15, -0.1) is 0 Å². The standard InChI is InChI=1S/C15H22ClN3O/c1-11-8-14(16)13(9-17-11)15(20)19(3)10-12-4-6-18(2)7-5-12/h8-9,12H,4-7,10H2,1-3H3. The Labute approximate surface area is 125 Å². The number of carbonyl (C=O) groups excluding carboxylic acids is 1. The Morgan fingerprint density at radius 3 is 2.75 bits per heavy atom. The van der Waals surface area contributed by atoms with E-state index in [1.807, 2.05) is 14.0 Å². The highest BCUT2D eigenvalue weighted by atomic mass is 35.5. The van der Waals surface area contributed by atoms with Crippen molar-refractivity contribution < 1.29 is 4.79 Å². The molecule has 1 amide bonds. The van der Waals surface area contributed by atoms with Crippen LogP contribution >= 0.6 is 11.6 Å². The molecule has 2 heterocycles. The van der Waals surface area contributed by atoms with Crippen molar-refractivity contribution >= 4 is 17.5 Å². The van der Waals surface area contributed by atoms with Crippen molar-refractivity contribution in [3.05, 3.63) is 28.5 Å². The summed E-state index contributed by atoms with van der Waals surface area (Å²) >= 11 is 6.14. The second kappa shape index (κ2) is 6.55. The lowest BCUT2D eigenvalue weighted by Gasteiger charge is -2.31. The number of amides is 1. The van der Waals surface area contributed by atoms with Gasteiger partial charge in [0, 0.05) is 25.5 Å². The van der Waals surface area contributed by atoms with Crippen molar-refractivity contribution in [3.8, 4) is 0 Å². The molecule has 1 aromatic heterocycles. The van der Waals surface area contributed by atoms with Crippen LogP contribution in [0.5, 0.6) is 0 Å². The van der Waals surface area contributed by atoms with Gasteiger partial charge >= 0.3 is 0 Å². The van der Waals surface area contributed by atoms with Crippen LogP contribution in [0.2, 0.25) is 5.02 Å². The maximum absolute atomic E-state index is 12.4. The highest BCUT2D eigenvalue weighted by Crippen LogP contribution is 2.20. The van der Waals surface area contributed by atoms with Crippen molar-refractivity contribution in [2.75, 3.05) is 33.7 Å². The lowest BCUT2D eigenvalue weighted by molar-refractivity contribution is 0.0747. The summed E-state index contributed by atoms with van der Waals surface area (Å²) in [6.07, 6.45) is 3.87. The molecule has 0 aliphatic carbocycles. The third-order valence-electron chi connectivity index (χ3n) is 3.94. The molecule has 0 bridgehead atoms. The topological polar surface area (TPSA) is 36.4 Å². The first kappa shape index (κ1) is 15.3. The van der Waals surface area contributed by atoms with Crippen LogP contribution in [-0.4, -0.2) is 54.4 Å². The number of aromatic nitrogens is 1. The number of hydrogen-bond acceptors (Lipinski definition) is 3. The summed E-state index contributed by atoms with van der Waals surface area (Å²) in [5.74, 6) is 0.541. The molecule has 0 radical (unpaired) electrons. The van der Waals surface area contributed by atoms with E-state index in [2.05, 4.69) is 16.9 Å². The van der Waals surface area contributed by atoms with E-state index in [1.54, 1.807) is 17.2 Å². The SMILES string of the molecule is Cc1cc(Cl)c(C(=O)N(C)CC2CCN(C)CC2)cn1. The third-order valence-corrected chi connectivity index (χ3v) is 4.25. The first-order valence-corrected chi connectivity index (χ1v) is 7.41. The Morgan fingerprint density at radius 1 is 1.50 bits per heavy atom. The Balaban J connectivity index is 1.98. The molecule has 4 nitrogen and oxygen atoms in total. The fraction of sp³-hybridized carbons (Fsp3) is 0.600. The van der Waals surface area contributed by atoms with Crippen LogP contribution in [0, 0.1) is 12.8 Å². The Morgan fingerprint density at radius 2 is 2.15 bits per heavy atom. The number of halogens is 1. The first-order chi connectivity index (χ1) is 9.47. The van der Waals surface area contributed by atoms with Gasteiger partial charge in [-0.3, -0.25) is 9.78 Å². The molecule has 0 spiro atoms. The zero-order valence-corrected chi connectivity index (χ0v) is 13.2. The number of likely N-dealkylation sites (tertiary alicyclic amines) is 1. The second-order valence-corrected chi connectivity index (χ2v) is 6.15. The Kier molecular flexibility index (Phi) is 5.00. The predicted molar refractivity (Wildman–Crippen MR) is 81.2 cm³/mol. The lowest BCUT2D eigenvalue weighted by atomic mass is 9.96. The largest absolute Gasteiger partial charge is 0.341 e. The van der Waals surface area contributed by atoms with Gasteiger partial charge in [-0.1, -0.05) is 11.6 Å². The molecule has 1 aliphatic rings. The quantitative estimate of drug-likeness (QED) is 0.859. The molecule has 20 heavy (non-hydrogen) atoms. The normalized spacial score (nSPS) is 17.2. The van der Waals surface area contributed by atoms with Crippen molar-refractivity contribution in [2.45, 2.75) is 19.8 Å². The van der Waals surface area contributed by atoms with Crippen LogP contribution in [-0.2, 0) is 0 Å². The average Bonchev–Trinajstić information content (AvgIpc) is 2.40. The summed E-state index contributed by atoms with van der Waals surface area (Å²) in [6.45, 7) is 4.87. The van der Waals surface area contributed by atoms with Crippen molar-refractivity contribution in [2.24, 2.45) is 5.92 Å². The van der Waals surface area contributed by atoms with E-state index in [9.17, 15) is 4.79 Å². The van der Waals surface area contributed by atoms with Crippen LogP contribution in [0.4, 0.5) is 0 Å². The number of pyridine rings is 1. The summed E-state index contributed by atoms with van der Waals surface area (Å²) in [4.78, 5) is 20.7. The molecular formula is C15H22ClN3O. The van der Waals surface area contributed by atoms with E-state index < -0.39 is 0 Å². The van der Waals surface area contributed by atoms with Crippen molar-refractivity contribution in [1.29, 1.82) is 0 Å². The lowest BCUT2D eigenvalue weighted by Crippen LogP contribution is -2.38. The first-order valence-electron chi connectivity index (χ1n) is 7.03. The monoisotopic (exact) mass is 295 g/mol. The fourth-order valence-electron chi connectivity index (χ4n) is 2.60. The number of nitrogens with zero attached hydrogens (tertiary/aromatic N) is 3. The van der Waals surface area contributed by atoms with Gasteiger partial charge < -0.3 is 9.80 Å². The number of aryl methyl sites for hydroxylation is 1. The second-order valence-electron chi connectivity index (χ2n) is 5.74. The average molecular weight is 296 g/mol. The van der Waals surface area contributed by atoms with Crippen LogP contribution in [0.1, 0.15) is 28.9 Å². The van der Waals surface area contributed by atoms with E-state index in [4.69, 9.17) is 11.6 Å². The van der Waals surface area contributed by atoms with E-state index in [0.717, 1.165) is 38.2 Å². The molecule has 1 saturated heterocycles. The molecule has 110 valence electrons. The number of carbonyl (C=O) groups is 1. The number of rotatable bonds is 3. The summed E-state index contributed by atoms with van der Waals surface area (Å²) < 4.78 is 0. The summed E-state index contributed by atoms with van der Waals surface area (Å²) in [7, 11) is 3.99. The van der Waals surface area contributed by atoms with Gasteiger partial charge in [-0.2, -0.15) is 0 Å². The summed E-state index contributed by atoms with van der Waals surface area (Å²) in [5.41, 5.74) is 1.32. The fourth-order valence-corrected chi connectivity index (χ4v) is 2.89. The zero-order valence-electron chi connectivity index (χ0n) is 12.4. The number of hydrogen-bond donors (Lipinski definition) is 0. The van der Waals surface area contributed by atoms with Crippen molar-refractivity contribution in [3.63, 3.8) is 0 Å². The van der Waals surface area contributed by atoms with Crippen LogP contribution in [0.15, 0.2) is 12.3 Å². The Bertz CT molecular complexity index is 484. The van der Waals surface area contributed by atoms with Gasteiger partial charge in [0.1, 0.15) is 0 Å². The smallest absolute Gasteiger partial charge is 0.256 e. The van der Waals surface area contributed by atoms with Gasteiger partial charge in [-0.05, 0) is 51.9 Å². The van der Waals surface area contributed by atoms with E-state index >= 15 is 0 Å². The minimum Gasteiger partial charge on any atom is -0.341 e. The van der Waals surface area contributed by atoms with Crippen molar-refractivity contribution in [1.82, 2.24) is 14.8 Å². The van der Waals surface area contributed by atoms with Gasteiger partial charge in [0.25, 0.3) is 5.91 Å². The highest BCUT2D eigenvalue weighted by molar-refractivity contribution is 6.33. The minimum absolute atomic E-state index is 0.0403. The van der Waals surface area contributed by atoms with Crippen LogP contribution in [0.3, 0.4) is 0 Å². The summed E-state index contributed by atoms with van der Waals surface area (Å²) in [5, 5.41) is 0.484. The van der Waals surface area contributed by atoms with Crippen LogP contribution < -0.4 is 0 Å². The molecule has 2 rings (SSSR count). The molecule has 1 aliphatic heterocycles. The maximum Gasteiger partial charge on any atom is 0.256 e. The molecule has 0 aromatic carbocycles. The molecule has 0 saturated carbocycles. The minimum atomic E-state index is -0.0403. The molecule has 0 unspecified atom stereocenters. The highest BCUT2D eigenvalue weighted by Gasteiger charge is 2.22. The van der Waals surface area contributed by atoms with Gasteiger partial charge in [0.05, 0.1) is 10.6 Å². The molecule has 0 atom stereocenters. The van der Waals surface area contributed by atoms with Gasteiger partial charge in [0.15, 0.2) is 0 Å². The predicted octanol–water partition coefficient (Wildman–Crippen LogP) is 2.46. The van der Waals surface area contributed by atoms with Gasteiger partial charge in [-0.25, -0.2) is 0 Å². The third kappa shape index (κ3) is 3.70. The van der Waals surface area contributed by atoms with E-state index in [-0.39, 0.29) is 5.91 Å². The zero-order chi connectivity index (χ0) is 14.7. The number of piperidine rings is 1. The molecule has 5 heteroatoms. The van der Waals surface area contributed by atoms with E-state index in [0.29, 0.717) is 16.5 Å². The molecule has 1 aromatic rings. The Hall–Kier alpha value is -1.13. The van der Waals surface area contributed by atoms with E-state index in [1.165, 1.54) is 0 Å². The summed E-state index contributed by atoms with van der Waals surface area (Å²) in [6, 6.07) is 1.73. The molecular weight excluding hydrogens is 274 g/mol.